The van der Waals surface area contributed by atoms with Gasteiger partial charge in [-0.1, -0.05) is 13.8 Å². The molecule has 0 bridgehead atoms. The summed E-state index contributed by atoms with van der Waals surface area (Å²) < 4.78 is 0. The molecular formula is C6H14LiN. The minimum atomic E-state index is 0. The van der Waals surface area contributed by atoms with Crippen molar-refractivity contribution in [3.05, 3.63) is 6.04 Å². The summed E-state index contributed by atoms with van der Waals surface area (Å²) in [7, 11) is 0. The number of hydrogen-bond donors (Lipinski definition) is 1. The quantitative estimate of drug-likeness (QED) is 0.336. The van der Waals surface area contributed by atoms with E-state index in [-0.39, 0.29) is 18.9 Å². The van der Waals surface area contributed by atoms with Crippen molar-refractivity contribution in [2.75, 3.05) is 0 Å². The molecule has 1 N–H and O–H groups in total. The van der Waals surface area contributed by atoms with Gasteiger partial charge in [0.25, 0.3) is 0 Å². The Hall–Kier alpha value is 0.557. The molecule has 1 nitrogen and oxygen atoms in total. The van der Waals surface area contributed by atoms with Gasteiger partial charge in [0.15, 0.2) is 0 Å². The molecule has 0 fully saturated rings. The third-order valence-electron chi connectivity index (χ3n) is 0.577. The molecular weight excluding hydrogens is 93.0 g/mol. The summed E-state index contributed by atoms with van der Waals surface area (Å²) in [4.78, 5) is 0. The molecule has 0 heterocycles. The van der Waals surface area contributed by atoms with Gasteiger partial charge in [-0.25, -0.2) is 0 Å². The zero-order chi connectivity index (χ0) is 5.86. The first-order valence-electron chi connectivity index (χ1n) is 2.69. The van der Waals surface area contributed by atoms with Crippen LogP contribution in [-0.2, 0) is 0 Å². The Bertz CT molecular complexity index is 37.8. The van der Waals surface area contributed by atoms with Crippen molar-refractivity contribution in [1.82, 2.24) is 5.32 Å². The van der Waals surface area contributed by atoms with Crippen LogP contribution in [0, 0.1) is 6.04 Å². The van der Waals surface area contributed by atoms with Crippen molar-refractivity contribution >= 4 is 0 Å². The fourth-order valence-electron chi connectivity index (χ4n) is 0.577. The van der Waals surface area contributed by atoms with Gasteiger partial charge in [0.1, 0.15) is 0 Å². The van der Waals surface area contributed by atoms with Crippen molar-refractivity contribution in [3.8, 4) is 0 Å². The molecule has 44 valence electrons. The van der Waals surface area contributed by atoms with Crippen LogP contribution in [0.25, 0.3) is 0 Å². The van der Waals surface area contributed by atoms with Gasteiger partial charge < -0.3 is 5.32 Å². The Labute approximate surface area is 64.4 Å². The van der Waals surface area contributed by atoms with Gasteiger partial charge in [-0.2, -0.15) is 13.8 Å². The van der Waals surface area contributed by atoms with Crippen molar-refractivity contribution in [1.29, 1.82) is 0 Å². The first kappa shape index (κ1) is 11.4. The van der Waals surface area contributed by atoms with Crippen LogP contribution in [0.4, 0.5) is 0 Å². The molecule has 0 aliphatic heterocycles. The predicted molar refractivity (Wildman–Crippen MR) is 32.9 cm³/mol. The normalized spacial score (nSPS) is 9.75. The smallest absolute Gasteiger partial charge is 0.465 e. The molecule has 0 atom stereocenters. The largest absolute Gasteiger partial charge is 1.00 e. The number of rotatable bonds is 2. The Kier molecular flexibility index (Phi) is 8.08. The van der Waals surface area contributed by atoms with Gasteiger partial charge in [-0.05, 0) is 6.04 Å². The van der Waals surface area contributed by atoms with E-state index in [9.17, 15) is 0 Å². The van der Waals surface area contributed by atoms with E-state index >= 15 is 0 Å². The van der Waals surface area contributed by atoms with Crippen LogP contribution in [0.1, 0.15) is 27.7 Å². The number of hydrogen-bond acceptors (Lipinski definition) is 1. The molecule has 0 radical (unpaired) electrons. The average molecular weight is 107 g/mol. The van der Waals surface area contributed by atoms with Crippen molar-refractivity contribution in [3.63, 3.8) is 0 Å². The molecule has 8 heavy (non-hydrogen) atoms. The molecule has 0 aliphatic rings. The monoisotopic (exact) mass is 107 g/mol. The van der Waals surface area contributed by atoms with E-state index < -0.39 is 0 Å². The molecule has 0 saturated heterocycles. The third kappa shape index (κ3) is 9.75. The summed E-state index contributed by atoms with van der Waals surface area (Å²) in [6.45, 7) is 8.40. The van der Waals surface area contributed by atoms with E-state index in [1.807, 2.05) is 0 Å². The van der Waals surface area contributed by atoms with Gasteiger partial charge in [0.05, 0.1) is 0 Å². The first-order chi connectivity index (χ1) is 3.13. The summed E-state index contributed by atoms with van der Waals surface area (Å²) in [6.07, 6.45) is 0. The average Bonchev–Trinajstić information content (AvgIpc) is 1.27. The van der Waals surface area contributed by atoms with Crippen LogP contribution in [0.2, 0.25) is 0 Å². The topological polar surface area (TPSA) is 12.0 Å². The van der Waals surface area contributed by atoms with Gasteiger partial charge in [0.2, 0.25) is 0 Å². The second-order valence-corrected chi connectivity index (χ2v) is 2.30. The van der Waals surface area contributed by atoms with E-state index in [4.69, 9.17) is 0 Å². The summed E-state index contributed by atoms with van der Waals surface area (Å²) in [5.74, 6) is 0. The van der Waals surface area contributed by atoms with E-state index in [1.165, 1.54) is 6.04 Å². The molecule has 2 heteroatoms. The molecule has 0 aromatic carbocycles. The molecule has 0 amide bonds. The van der Waals surface area contributed by atoms with Crippen LogP contribution >= 0.6 is 0 Å². The maximum absolute atomic E-state index is 3.22. The van der Waals surface area contributed by atoms with Gasteiger partial charge in [-0.3, -0.25) is 6.04 Å². The third-order valence-corrected chi connectivity index (χ3v) is 0.577. The zero-order valence-corrected chi connectivity index (χ0v) is 6.58. The second kappa shape index (κ2) is 5.69. The van der Waals surface area contributed by atoms with Crippen molar-refractivity contribution in [2.24, 2.45) is 0 Å². The van der Waals surface area contributed by atoms with Crippen LogP contribution in [-0.4, -0.2) is 6.04 Å². The van der Waals surface area contributed by atoms with E-state index in [0.717, 1.165) is 0 Å². The summed E-state index contributed by atoms with van der Waals surface area (Å²) in [6, 6.07) is 1.88. The maximum Gasteiger partial charge on any atom is 1.00 e. The van der Waals surface area contributed by atoms with E-state index in [2.05, 4.69) is 33.0 Å². The molecule has 0 spiro atoms. The van der Waals surface area contributed by atoms with Crippen LogP contribution in [0.5, 0.6) is 0 Å². The van der Waals surface area contributed by atoms with Crippen LogP contribution in [0.15, 0.2) is 0 Å². The van der Waals surface area contributed by atoms with Gasteiger partial charge in [0, 0.05) is 0 Å². The fraction of sp³-hybridized carbons (Fsp3) is 0.833. The van der Waals surface area contributed by atoms with Gasteiger partial charge >= 0.3 is 18.9 Å². The minimum absolute atomic E-state index is 0. The predicted octanol–water partition coefficient (Wildman–Crippen LogP) is -1.44. The minimum Gasteiger partial charge on any atom is -0.465 e. The van der Waals surface area contributed by atoms with Gasteiger partial charge in [-0.15, -0.1) is 0 Å². The Balaban J connectivity index is 0. The summed E-state index contributed by atoms with van der Waals surface area (Å²) in [5, 5.41) is 3.22. The molecule has 0 saturated carbocycles. The zero-order valence-electron chi connectivity index (χ0n) is 6.58. The Morgan fingerprint density at radius 2 is 1.62 bits per heavy atom. The Morgan fingerprint density at radius 1 is 1.25 bits per heavy atom. The summed E-state index contributed by atoms with van der Waals surface area (Å²) >= 11 is 0. The molecule has 0 rings (SSSR count). The fourth-order valence-corrected chi connectivity index (χ4v) is 0.577. The SMILES string of the molecule is C[C-](C)NC(C)C.[Li+]. The summed E-state index contributed by atoms with van der Waals surface area (Å²) in [5.41, 5.74) is 0. The second-order valence-electron chi connectivity index (χ2n) is 2.30. The van der Waals surface area contributed by atoms with Crippen molar-refractivity contribution in [2.45, 2.75) is 33.7 Å². The molecule has 0 unspecified atom stereocenters. The number of nitrogens with one attached hydrogen (secondary N) is 1. The van der Waals surface area contributed by atoms with Crippen LogP contribution < -0.4 is 24.2 Å². The van der Waals surface area contributed by atoms with Crippen LogP contribution in [0.3, 0.4) is 0 Å². The molecule has 0 aliphatic carbocycles. The van der Waals surface area contributed by atoms with E-state index in [0.29, 0.717) is 6.04 Å². The first-order valence-corrected chi connectivity index (χ1v) is 2.69. The Morgan fingerprint density at radius 3 is 1.62 bits per heavy atom. The standard InChI is InChI=1S/C6H14N.Li/c1-5(2)7-6(3)4;/h5,7H,1-4H3;/q-1;+1. The molecule has 0 aromatic heterocycles. The molecule has 0 aromatic rings. The van der Waals surface area contributed by atoms with E-state index in [1.54, 1.807) is 0 Å². The van der Waals surface area contributed by atoms with Crippen molar-refractivity contribution < 1.29 is 18.9 Å². The maximum atomic E-state index is 3.22.